The number of aromatic nitrogens is 3. The molecule has 0 aliphatic carbocycles. The number of hydrogen-bond acceptors (Lipinski definition) is 5. The highest BCUT2D eigenvalue weighted by Gasteiger charge is 2.22. The van der Waals surface area contributed by atoms with Crippen LogP contribution in [0.2, 0.25) is 0 Å². The minimum Gasteiger partial charge on any atom is -0.335 e. The van der Waals surface area contributed by atoms with Gasteiger partial charge in [-0.3, -0.25) is 4.79 Å². The average molecular weight is 398 g/mol. The molecular formula is C20H22N4O3S. The van der Waals surface area contributed by atoms with Crippen LogP contribution in [-0.2, 0) is 9.84 Å². The van der Waals surface area contributed by atoms with E-state index in [4.69, 9.17) is 0 Å². The van der Waals surface area contributed by atoms with E-state index in [0.717, 1.165) is 23.1 Å². The zero-order valence-electron chi connectivity index (χ0n) is 16.2. The molecule has 0 unspecified atom stereocenters. The Morgan fingerprint density at radius 3 is 2.39 bits per heavy atom. The van der Waals surface area contributed by atoms with E-state index in [2.05, 4.69) is 10.1 Å². The highest BCUT2D eigenvalue weighted by atomic mass is 32.2. The molecule has 146 valence electrons. The van der Waals surface area contributed by atoms with Crippen molar-refractivity contribution in [2.75, 3.05) is 13.3 Å². The van der Waals surface area contributed by atoms with Crippen molar-refractivity contribution in [3.05, 3.63) is 71.8 Å². The number of benzene rings is 2. The van der Waals surface area contributed by atoms with E-state index in [-0.39, 0.29) is 16.8 Å². The number of amides is 1. The summed E-state index contributed by atoms with van der Waals surface area (Å²) in [6.45, 7) is 3.73. The number of hydrogen-bond donors (Lipinski definition) is 0. The molecule has 1 atom stereocenters. The molecule has 0 spiro atoms. The van der Waals surface area contributed by atoms with Crippen LogP contribution in [0.5, 0.6) is 0 Å². The lowest BCUT2D eigenvalue weighted by Crippen LogP contribution is -2.30. The Labute approximate surface area is 164 Å². The molecular weight excluding hydrogens is 376 g/mol. The summed E-state index contributed by atoms with van der Waals surface area (Å²) < 4.78 is 25.3. The van der Waals surface area contributed by atoms with Crippen LogP contribution in [0.25, 0.3) is 5.69 Å². The van der Waals surface area contributed by atoms with Gasteiger partial charge in [-0.25, -0.2) is 18.1 Å². The van der Waals surface area contributed by atoms with Crippen LogP contribution in [0.3, 0.4) is 0 Å². The molecule has 0 saturated heterocycles. The molecule has 0 aliphatic rings. The van der Waals surface area contributed by atoms with Gasteiger partial charge in [0.2, 0.25) is 0 Å². The van der Waals surface area contributed by atoms with Crippen molar-refractivity contribution in [2.45, 2.75) is 24.8 Å². The Morgan fingerprint density at radius 1 is 1.14 bits per heavy atom. The summed E-state index contributed by atoms with van der Waals surface area (Å²) in [5.41, 5.74) is 2.95. The predicted molar refractivity (Wildman–Crippen MR) is 106 cm³/mol. The van der Waals surface area contributed by atoms with Crippen molar-refractivity contribution in [1.29, 1.82) is 0 Å². The number of rotatable bonds is 5. The fourth-order valence-corrected chi connectivity index (χ4v) is 3.55. The highest BCUT2D eigenvalue weighted by Crippen LogP contribution is 2.24. The van der Waals surface area contributed by atoms with Gasteiger partial charge in [0, 0.05) is 18.9 Å². The zero-order chi connectivity index (χ0) is 20.5. The van der Waals surface area contributed by atoms with Crippen molar-refractivity contribution in [3.63, 3.8) is 0 Å². The largest absolute Gasteiger partial charge is 0.335 e. The van der Waals surface area contributed by atoms with Gasteiger partial charge in [-0.2, -0.15) is 5.10 Å². The van der Waals surface area contributed by atoms with Crippen LogP contribution < -0.4 is 0 Å². The molecule has 2 aromatic carbocycles. The minimum absolute atomic E-state index is 0.139. The molecule has 7 nitrogen and oxygen atoms in total. The maximum Gasteiger partial charge on any atom is 0.254 e. The quantitative estimate of drug-likeness (QED) is 0.660. The average Bonchev–Trinajstić information content (AvgIpc) is 3.20. The second-order valence-corrected chi connectivity index (χ2v) is 8.79. The van der Waals surface area contributed by atoms with E-state index < -0.39 is 9.84 Å². The predicted octanol–water partition coefficient (Wildman–Crippen LogP) is 2.81. The summed E-state index contributed by atoms with van der Waals surface area (Å²) in [4.78, 5) is 18.7. The summed E-state index contributed by atoms with van der Waals surface area (Å²) >= 11 is 0. The van der Waals surface area contributed by atoms with Crippen LogP contribution in [0.15, 0.2) is 60.0 Å². The van der Waals surface area contributed by atoms with E-state index >= 15 is 0 Å². The number of aryl methyl sites for hydroxylation is 1. The standard InChI is InChI=1S/C20H22N4O3S/c1-14-5-10-18(28(4,26)27)11-19(14)20(25)23(3)15(2)16-6-8-17(9-7-16)24-13-21-12-22-24/h5-13,15H,1-4H3/t15-/m1/s1. The summed E-state index contributed by atoms with van der Waals surface area (Å²) in [7, 11) is -1.67. The minimum atomic E-state index is -3.38. The fraction of sp³-hybridized carbons (Fsp3) is 0.250. The Bertz CT molecular complexity index is 1090. The molecule has 1 aromatic heterocycles. The maximum absolute atomic E-state index is 13.0. The number of carbonyl (C=O) groups excluding carboxylic acids is 1. The van der Waals surface area contributed by atoms with E-state index in [9.17, 15) is 13.2 Å². The first-order valence-electron chi connectivity index (χ1n) is 8.71. The molecule has 0 saturated carbocycles. The molecule has 0 aliphatic heterocycles. The van der Waals surface area contributed by atoms with E-state index in [0.29, 0.717) is 5.56 Å². The number of carbonyl (C=O) groups is 1. The van der Waals surface area contributed by atoms with Gasteiger partial charge in [0.05, 0.1) is 16.6 Å². The van der Waals surface area contributed by atoms with Gasteiger partial charge in [-0.05, 0) is 49.2 Å². The summed E-state index contributed by atoms with van der Waals surface area (Å²) in [5, 5.41) is 4.09. The van der Waals surface area contributed by atoms with Gasteiger partial charge >= 0.3 is 0 Å². The summed E-state index contributed by atoms with van der Waals surface area (Å²) in [6.07, 6.45) is 4.22. The molecule has 8 heteroatoms. The van der Waals surface area contributed by atoms with Gasteiger partial charge in [-0.1, -0.05) is 18.2 Å². The third-order valence-electron chi connectivity index (χ3n) is 4.83. The van der Waals surface area contributed by atoms with Gasteiger partial charge in [0.1, 0.15) is 12.7 Å². The zero-order valence-corrected chi connectivity index (χ0v) is 17.0. The van der Waals surface area contributed by atoms with Crippen molar-refractivity contribution in [3.8, 4) is 5.69 Å². The van der Waals surface area contributed by atoms with E-state index in [1.54, 1.807) is 35.9 Å². The van der Waals surface area contributed by atoms with Gasteiger partial charge in [0.15, 0.2) is 9.84 Å². The van der Waals surface area contributed by atoms with Gasteiger partial charge < -0.3 is 4.90 Å². The van der Waals surface area contributed by atoms with Crippen LogP contribution >= 0.6 is 0 Å². The lowest BCUT2D eigenvalue weighted by atomic mass is 10.0. The SMILES string of the molecule is Cc1ccc(S(C)(=O)=O)cc1C(=O)N(C)[C@H](C)c1ccc(-n2cncn2)cc1. The second-order valence-electron chi connectivity index (χ2n) is 6.77. The molecule has 1 amide bonds. The molecule has 0 radical (unpaired) electrons. The first-order valence-corrected chi connectivity index (χ1v) is 10.6. The third-order valence-corrected chi connectivity index (χ3v) is 5.94. The Kier molecular flexibility index (Phi) is 5.33. The fourth-order valence-electron chi connectivity index (χ4n) is 2.90. The number of sulfone groups is 1. The highest BCUT2D eigenvalue weighted by molar-refractivity contribution is 7.90. The molecule has 0 bridgehead atoms. The maximum atomic E-state index is 13.0. The van der Waals surface area contributed by atoms with E-state index in [1.165, 1.54) is 18.5 Å². The molecule has 28 heavy (non-hydrogen) atoms. The molecule has 1 heterocycles. The first-order chi connectivity index (χ1) is 13.2. The van der Waals surface area contributed by atoms with Crippen molar-refractivity contribution >= 4 is 15.7 Å². The smallest absolute Gasteiger partial charge is 0.254 e. The topological polar surface area (TPSA) is 85.2 Å². The van der Waals surface area contributed by atoms with Crippen LogP contribution in [-0.4, -0.2) is 47.3 Å². The van der Waals surface area contributed by atoms with Crippen molar-refractivity contribution < 1.29 is 13.2 Å². The third kappa shape index (κ3) is 3.96. The lowest BCUT2D eigenvalue weighted by Gasteiger charge is -2.26. The molecule has 0 fully saturated rings. The summed E-state index contributed by atoms with van der Waals surface area (Å²) in [6, 6.07) is 12.1. The van der Waals surface area contributed by atoms with Crippen molar-refractivity contribution in [1.82, 2.24) is 19.7 Å². The Morgan fingerprint density at radius 2 is 1.82 bits per heavy atom. The van der Waals surface area contributed by atoms with Gasteiger partial charge in [-0.15, -0.1) is 0 Å². The lowest BCUT2D eigenvalue weighted by molar-refractivity contribution is 0.0741. The van der Waals surface area contributed by atoms with E-state index in [1.807, 2.05) is 31.2 Å². The first kappa shape index (κ1) is 19.8. The molecule has 3 rings (SSSR count). The van der Waals surface area contributed by atoms with Crippen LogP contribution in [0.4, 0.5) is 0 Å². The van der Waals surface area contributed by atoms with Crippen LogP contribution in [0.1, 0.15) is 34.5 Å². The molecule has 3 aromatic rings. The monoisotopic (exact) mass is 398 g/mol. The Hall–Kier alpha value is -3.00. The van der Waals surface area contributed by atoms with Crippen LogP contribution in [0, 0.1) is 6.92 Å². The summed E-state index contributed by atoms with van der Waals surface area (Å²) in [5.74, 6) is -0.226. The second kappa shape index (κ2) is 7.55. The normalized spacial score (nSPS) is 12.6. The van der Waals surface area contributed by atoms with Gasteiger partial charge in [0.25, 0.3) is 5.91 Å². The Balaban J connectivity index is 1.85. The number of nitrogens with zero attached hydrogens (tertiary/aromatic N) is 4. The van der Waals surface area contributed by atoms with Crippen molar-refractivity contribution in [2.24, 2.45) is 0 Å². The molecule has 0 N–H and O–H groups in total.